The van der Waals surface area contributed by atoms with Gasteiger partial charge < -0.3 is 0 Å². The zero-order valence-electron chi connectivity index (χ0n) is 10.5. The molecule has 0 radical (unpaired) electrons. The number of benzene rings is 2. The molecular weight excluding hydrogens is 304 g/mol. The summed E-state index contributed by atoms with van der Waals surface area (Å²) in [5.41, 5.74) is 1.02. The SMILES string of the molecule is CCCc1nnnn1-c1ccc(Br)c2ccccc12. The van der Waals surface area contributed by atoms with E-state index in [9.17, 15) is 0 Å². The second-order valence-electron chi connectivity index (χ2n) is 4.37. The molecule has 0 aliphatic rings. The minimum atomic E-state index is 0.872. The van der Waals surface area contributed by atoms with Crippen LogP contribution in [0, 0.1) is 0 Å². The third-order valence-corrected chi connectivity index (χ3v) is 3.78. The zero-order valence-corrected chi connectivity index (χ0v) is 12.1. The molecule has 0 fully saturated rings. The molecule has 1 aromatic heterocycles. The quantitative estimate of drug-likeness (QED) is 0.742. The van der Waals surface area contributed by atoms with Crippen LogP contribution < -0.4 is 0 Å². The van der Waals surface area contributed by atoms with Crippen molar-refractivity contribution in [2.24, 2.45) is 0 Å². The summed E-state index contributed by atoms with van der Waals surface area (Å²) in [6, 6.07) is 12.3. The lowest BCUT2D eigenvalue weighted by Gasteiger charge is -2.09. The number of hydrogen-bond donors (Lipinski definition) is 0. The fourth-order valence-corrected chi connectivity index (χ4v) is 2.68. The molecule has 4 nitrogen and oxygen atoms in total. The van der Waals surface area contributed by atoms with Crippen LogP contribution in [-0.4, -0.2) is 20.2 Å². The number of rotatable bonds is 3. The van der Waals surface area contributed by atoms with Crippen LogP contribution in [0.25, 0.3) is 16.5 Å². The summed E-state index contributed by atoms with van der Waals surface area (Å²) in [7, 11) is 0. The van der Waals surface area contributed by atoms with Crippen LogP contribution in [0.15, 0.2) is 40.9 Å². The van der Waals surface area contributed by atoms with E-state index in [0.717, 1.165) is 39.6 Å². The Hall–Kier alpha value is -1.75. The number of halogens is 1. The highest BCUT2D eigenvalue weighted by molar-refractivity contribution is 9.10. The molecule has 3 rings (SSSR count). The minimum absolute atomic E-state index is 0.872. The first-order valence-electron chi connectivity index (χ1n) is 6.26. The second-order valence-corrected chi connectivity index (χ2v) is 5.22. The van der Waals surface area contributed by atoms with Crippen molar-refractivity contribution in [1.29, 1.82) is 0 Å². The van der Waals surface area contributed by atoms with E-state index in [1.165, 1.54) is 0 Å². The van der Waals surface area contributed by atoms with Crippen molar-refractivity contribution in [3.63, 3.8) is 0 Å². The summed E-state index contributed by atoms with van der Waals surface area (Å²) in [6.07, 6.45) is 1.90. The molecule has 0 atom stereocenters. The van der Waals surface area contributed by atoms with Crippen LogP contribution in [0.4, 0.5) is 0 Å². The largest absolute Gasteiger partial charge is 0.197 e. The third-order valence-electron chi connectivity index (χ3n) is 3.08. The number of fused-ring (bicyclic) bond motifs is 1. The Morgan fingerprint density at radius 2 is 1.89 bits per heavy atom. The molecule has 0 unspecified atom stereocenters. The van der Waals surface area contributed by atoms with Crippen molar-refractivity contribution in [3.05, 3.63) is 46.7 Å². The van der Waals surface area contributed by atoms with Gasteiger partial charge in [0.1, 0.15) is 0 Å². The highest BCUT2D eigenvalue weighted by Crippen LogP contribution is 2.29. The first kappa shape index (κ1) is 12.3. The van der Waals surface area contributed by atoms with Gasteiger partial charge >= 0.3 is 0 Å². The molecule has 0 saturated carbocycles. The number of aryl methyl sites for hydroxylation is 1. The second kappa shape index (κ2) is 5.09. The Morgan fingerprint density at radius 1 is 1.11 bits per heavy atom. The van der Waals surface area contributed by atoms with Gasteiger partial charge in [0, 0.05) is 16.3 Å². The van der Waals surface area contributed by atoms with Crippen molar-refractivity contribution in [1.82, 2.24) is 20.2 Å². The molecule has 0 amide bonds. The van der Waals surface area contributed by atoms with Crippen molar-refractivity contribution in [2.45, 2.75) is 19.8 Å². The van der Waals surface area contributed by atoms with Gasteiger partial charge in [-0.1, -0.05) is 47.1 Å². The van der Waals surface area contributed by atoms with Gasteiger partial charge in [0.15, 0.2) is 5.82 Å². The molecule has 0 aliphatic heterocycles. The maximum atomic E-state index is 4.13. The van der Waals surface area contributed by atoms with E-state index in [2.05, 4.69) is 50.5 Å². The predicted octanol–water partition coefficient (Wildman–Crippen LogP) is 3.53. The summed E-state index contributed by atoms with van der Waals surface area (Å²) in [6.45, 7) is 2.12. The lowest BCUT2D eigenvalue weighted by Crippen LogP contribution is -2.03. The summed E-state index contributed by atoms with van der Waals surface area (Å²) in [5, 5.41) is 14.3. The molecule has 0 spiro atoms. The molecule has 96 valence electrons. The molecule has 5 heteroatoms. The Kier molecular flexibility index (Phi) is 3.29. The molecule has 0 saturated heterocycles. The van der Waals surface area contributed by atoms with Crippen molar-refractivity contribution >= 4 is 26.7 Å². The van der Waals surface area contributed by atoms with Gasteiger partial charge in [-0.3, -0.25) is 0 Å². The van der Waals surface area contributed by atoms with Crippen LogP contribution in [0.3, 0.4) is 0 Å². The predicted molar refractivity (Wildman–Crippen MR) is 78.4 cm³/mol. The van der Waals surface area contributed by atoms with E-state index in [1.807, 2.05) is 28.9 Å². The zero-order chi connectivity index (χ0) is 13.2. The van der Waals surface area contributed by atoms with Crippen molar-refractivity contribution in [3.8, 4) is 5.69 Å². The molecular formula is C14H13BrN4. The molecule has 0 aliphatic carbocycles. The fraction of sp³-hybridized carbons (Fsp3) is 0.214. The van der Waals surface area contributed by atoms with Crippen molar-refractivity contribution < 1.29 is 0 Å². The Morgan fingerprint density at radius 3 is 2.68 bits per heavy atom. The molecule has 3 aromatic rings. The highest BCUT2D eigenvalue weighted by atomic mass is 79.9. The molecule has 0 N–H and O–H groups in total. The lowest BCUT2D eigenvalue weighted by molar-refractivity contribution is 0.749. The Balaban J connectivity index is 2.25. The average molecular weight is 317 g/mol. The van der Waals surface area contributed by atoms with E-state index in [0.29, 0.717) is 0 Å². The number of nitrogens with zero attached hydrogens (tertiary/aromatic N) is 4. The monoisotopic (exact) mass is 316 g/mol. The molecule has 19 heavy (non-hydrogen) atoms. The van der Waals surface area contributed by atoms with Crippen LogP contribution in [-0.2, 0) is 6.42 Å². The summed E-state index contributed by atoms with van der Waals surface area (Å²) in [5.74, 6) is 0.898. The lowest BCUT2D eigenvalue weighted by atomic mass is 10.1. The molecule has 2 aromatic carbocycles. The van der Waals surface area contributed by atoms with E-state index in [-0.39, 0.29) is 0 Å². The van der Waals surface area contributed by atoms with E-state index < -0.39 is 0 Å². The number of aromatic nitrogens is 4. The fourth-order valence-electron chi connectivity index (χ4n) is 2.20. The third kappa shape index (κ3) is 2.14. The molecule has 0 bridgehead atoms. The number of hydrogen-bond acceptors (Lipinski definition) is 3. The standard InChI is InChI=1S/C14H13BrN4/c1-2-5-14-16-17-18-19(14)13-9-8-12(15)10-6-3-4-7-11(10)13/h3-4,6-9H,2,5H2,1H3. The smallest absolute Gasteiger partial charge is 0.156 e. The average Bonchev–Trinajstić information content (AvgIpc) is 2.88. The van der Waals surface area contributed by atoms with Crippen LogP contribution in [0.1, 0.15) is 19.2 Å². The summed E-state index contributed by atoms with van der Waals surface area (Å²) in [4.78, 5) is 0. The van der Waals surface area contributed by atoms with E-state index in [4.69, 9.17) is 0 Å². The van der Waals surface area contributed by atoms with Gasteiger partial charge in [0.25, 0.3) is 0 Å². The van der Waals surface area contributed by atoms with Gasteiger partial charge in [-0.25, -0.2) is 0 Å². The maximum absolute atomic E-state index is 4.13. The first-order valence-corrected chi connectivity index (χ1v) is 7.05. The van der Waals surface area contributed by atoms with Crippen LogP contribution in [0.2, 0.25) is 0 Å². The normalized spacial score (nSPS) is 11.1. The maximum Gasteiger partial charge on any atom is 0.156 e. The van der Waals surface area contributed by atoms with Crippen LogP contribution >= 0.6 is 15.9 Å². The number of tetrazole rings is 1. The molecule has 1 heterocycles. The van der Waals surface area contributed by atoms with Gasteiger partial charge in [0.05, 0.1) is 5.69 Å². The first-order chi connectivity index (χ1) is 9.31. The summed E-state index contributed by atoms with van der Waals surface area (Å²) < 4.78 is 2.91. The Bertz CT molecular complexity index is 720. The summed E-state index contributed by atoms with van der Waals surface area (Å²) >= 11 is 3.58. The van der Waals surface area contributed by atoms with Gasteiger partial charge in [0.2, 0.25) is 0 Å². The highest BCUT2D eigenvalue weighted by Gasteiger charge is 2.11. The van der Waals surface area contributed by atoms with Gasteiger partial charge in [-0.15, -0.1) is 5.10 Å². The van der Waals surface area contributed by atoms with E-state index >= 15 is 0 Å². The van der Waals surface area contributed by atoms with Gasteiger partial charge in [-0.05, 0) is 34.4 Å². The van der Waals surface area contributed by atoms with E-state index in [1.54, 1.807) is 0 Å². The van der Waals surface area contributed by atoms with Crippen molar-refractivity contribution in [2.75, 3.05) is 0 Å². The topological polar surface area (TPSA) is 43.6 Å². The Labute approximate surface area is 119 Å². The van der Waals surface area contributed by atoms with Gasteiger partial charge in [-0.2, -0.15) is 4.68 Å². The minimum Gasteiger partial charge on any atom is -0.197 e. The van der Waals surface area contributed by atoms with Crippen LogP contribution in [0.5, 0.6) is 0 Å².